The van der Waals surface area contributed by atoms with E-state index in [-0.39, 0.29) is 5.91 Å². The van der Waals surface area contributed by atoms with Gasteiger partial charge in [0.15, 0.2) is 0 Å². The number of ether oxygens (including phenoxy) is 1. The first kappa shape index (κ1) is 14.3. The van der Waals surface area contributed by atoms with E-state index in [1.54, 1.807) is 6.92 Å². The van der Waals surface area contributed by atoms with Crippen molar-refractivity contribution in [3.8, 4) is 0 Å². The maximum atomic E-state index is 12.0. The number of rotatable bonds is 5. The van der Waals surface area contributed by atoms with Crippen molar-refractivity contribution < 1.29 is 9.53 Å². The molecule has 0 fully saturated rings. The molecular formula is C17H19NO2. The minimum atomic E-state index is -0.491. The number of anilines is 1. The zero-order valence-electron chi connectivity index (χ0n) is 11.8. The van der Waals surface area contributed by atoms with Crippen molar-refractivity contribution in [2.75, 3.05) is 5.32 Å². The molecule has 20 heavy (non-hydrogen) atoms. The van der Waals surface area contributed by atoms with Crippen LogP contribution >= 0.6 is 0 Å². The minimum Gasteiger partial charge on any atom is -0.364 e. The van der Waals surface area contributed by atoms with Crippen molar-refractivity contribution in [1.29, 1.82) is 0 Å². The first-order valence-electron chi connectivity index (χ1n) is 6.69. The number of aryl methyl sites for hydroxylation is 1. The van der Waals surface area contributed by atoms with Crippen LogP contribution in [0.15, 0.2) is 54.6 Å². The zero-order chi connectivity index (χ0) is 14.4. The molecule has 0 saturated heterocycles. The van der Waals surface area contributed by atoms with Crippen LogP contribution in [0.3, 0.4) is 0 Å². The Labute approximate surface area is 119 Å². The first-order valence-corrected chi connectivity index (χ1v) is 6.69. The second-order valence-electron chi connectivity index (χ2n) is 4.74. The molecule has 1 unspecified atom stereocenters. The Balaban J connectivity index is 1.88. The highest BCUT2D eigenvalue weighted by atomic mass is 16.5. The van der Waals surface area contributed by atoms with Crippen LogP contribution in [-0.4, -0.2) is 12.0 Å². The van der Waals surface area contributed by atoms with Crippen LogP contribution in [0.2, 0.25) is 0 Å². The van der Waals surface area contributed by atoms with E-state index in [2.05, 4.69) is 5.32 Å². The summed E-state index contributed by atoms with van der Waals surface area (Å²) < 4.78 is 5.59. The molecule has 0 aliphatic carbocycles. The largest absolute Gasteiger partial charge is 0.364 e. The Kier molecular flexibility index (Phi) is 4.91. The standard InChI is InChI=1S/C17H19NO2/c1-13-8-6-7-11-16(13)18-17(19)14(2)20-12-15-9-4-3-5-10-15/h3-11,14H,12H2,1-2H3,(H,18,19). The summed E-state index contributed by atoms with van der Waals surface area (Å²) in [5.41, 5.74) is 2.92. The molecule has 2 aromatic rings. The number of carbonyl (C=O) groups is 1. The van der Waals surface area contributed by atoms with E-state index in [9.17, 15) is 4.79 Å². The Hall–Kier alpha value is -2.13. The Morgan fingerprint density at radius 2 is 1.75 bits per heavy atom. The lowest BCUT2D eigenvalue weighted by Crippen LogP contribution is -2.27. The van der Waals surface area contributed by atoms with Gasteiger partial charge in [-0.2, -0.15) is 0 Å². The molecule has 2 aromatic carbocycles. The number of nitrogens with one attached hydrogen (secondary N) is 1. The van der Waals surface area contributed by atoms with Gasteiger partial charge in [-0.25, -0.2) is 0 Å². The summed E-state index contributed by atoms with van der Waals surface area (Å²) in [6, 6.07) is 17.5. The van der Waals surface area contributed by atoms with Gasteiger partial charge in [0, 0.05) is 5.69 Å². The van der Waals surface area contributed by atoms with Gasteiger partial charge in [-0.1, -0.05) is 48.5 Å². The molecule has 1 amide bonds. The third kappa shape index (κ3) is 3.93. The van der Waals surface area contributed by atoms with Crippen LogP contribution in [0.25, 0.3) is 0 Å². The molecular weight excluding hydrogens is 250 g/mol. The number of para-hydroxylation sites is 1. The van der Waals surface area contributed by atoms with Crippen molar-refractivity contribution in [2.45, 2.75) is 26.6 Å². The highest BCUT2D eigenvalue weighted by Gasteiger charge is 2.14. The predicted octanol–water partition coefficient (Wildman–Crippen LogP) is 3.54. The molecule has 0 radical (unpaired) electrons. The SMILES string of the molecule is Cc1ccccc1NC(=O)C(C)OCc1ccccc1. The number of hydrogen-bond donors (Lipinski definition) is 1. The van der Waals surface area contributed by atoms with E-state index in [1.165, 1.54) is 0 Å². The smallest absolute Gasteiger partial charge is 0.253 e. The molecule has 0 bridgehead atoms. The maximum absolute atomic E-state index is 12.0. The quantitative estimate of drug-likeness (QED) is 0.901. The van der Waals surface area contributed by atoms with E-state index < -0.39 is 6.10 Å². The molecule has 3 heteroatoms. The van der Waals surface area contributed by atoms with Gasteiger partial charge >= 0.3 is 0 Å². The zero-order valence-corrected chi connectivity index (χ0v) is 11.8. The highest BCUT2D eigenvalue weighted by molar-refractivity contribution is 5.94. The topological polar surface area (TPSA) is 38.3 Å². The molecule has 1 atom stereocenters. The summed E-state index contributed by atoms with van der Waals surface area (Å²) >= 11 is 0. The lowest BCUT2D eigenvalue weighted by molar-refractivity contribution is -0.127. The first-order chi connectivity index (χ1) is 9.66. The molecule has 0 aliphatic heterocycles. The van der Waals surface area contributed by atoms with Crippen molar-refractivity contribution in [2.24, 2.45) is 0 Å². The van der Waals surface area contributed by atoms with Crippen molar-refractivity contribution in [1.82, 2.24) is 0 Å². The molecule has 0 spiro atoms. The maximum Gasteiger partial charge on any atom is 0.253 e. The van der Waals surface area contributed by atoms with E-state index in [1.807, 2.05) is 61.5 Å². The molecule has 3 nitrogen and oxygen atoms in total. The average molecular weight is 269 g/mol. The van der Waals surface area contributed by atoms with Gasteiger partial charge in [-0.05, 0) is 31.0 Å². The second-order valence-corrected chi connectivity index (χ2v) is 4.74. The summed E-state index contributed by atoms with van der Waals surface area (Å²) in [4.78, 5) is 12.0. The molecule has 104 valence electrons. The summed E-state index contributed by atoms with van der Waals surface area (Å²) in [5.74, 6) is -0.129. The molecule has 2 rings (SSSR count). The van der Waals surface area contributed by atoms with Crippen molar-refractivity contribution in [3.63, 3.8) is 0 Å². The number of hydrogen-bond acceptors (Lipinski definition) is 2. The normalized spacial score (nSPS) is 11.9. The van der Waals surface area contributed by atoms with Crippen LogP contribution < -0.4 is 5.32 Å². The minimum absolute atomic E-state index is 0.129. The summed E-state index contributed by atoms with van der Waals surface area (Å²) in [5, 5.41) is 2.88. The average Bonchev–Trinajstić information content (AvgIpc) is 2.48. The summed E-state index contributed by atoms with van der Waals surface area (Å²) in [7, 11) is 0. The predicted molar refractivity (Wildman–Crippen MR) is 80.5 cm³/mol. The number of carbonyl (C=O) groups excluding carboxylic acids is 1. The Morgan fingerprint density at radius 3 is 2.45 bits per heavy atom. The number of benzene rings is 2. The Bertz CT molecular complexity index is 566. The fourth-order valence-corrected chi connectivity index (χ4v) is 1.82. The van der Waals surface area contributed by atoms with E-state index >= 15 is 0 Å². The van der Waals surface area contributed by atoms with E-state index in [0.717, 1.165) is 16.8 Å². The van der Waals surface area contributed by atoms with Gasteiger partial charge < -0.3 is 10.1 Å². The van der Waals surface area contributed by atoms with Gasteiger partial charge in [-0.3, -0.25) is 4.79 Å². The molecule has 1 N–H and O–H groups in total. The van der Waals surface area contributed by atoms with Gasteiger partial charge in [0.1, 0.15) is 6.10 Å². The molecule has 0 aliphatic rings. The van der Waals surface area contributed by atoms with Crippen molar-refractivity contribution >= 4 is 11.6 Å². The van der Waals surface area contributed by atoms with Gasteiger partial charge in [-0.15, -0.1) is 0 Å². The Morgan fingerprint density at radius 1 is 1.10 bits per heavy atom. The van der Waals surface area contributed by atoms with Crippen LogP contribution in [0, 0.1) is 6.92 Å². The van der Waals surface area contributed by atoms with Gasteiger partial charge in [0.25, 0.3) is 5.91 Å². The third-order valence-corrected chi connectivity index (χ3v) is 3.11. The van der Waals surface area contributed by atoms with Crippen LogP contribution in [0.4, 0.5) is 5.69 Å². The van der Waals surface area contributed by atoms with E-state index in [0.29, 0.717) is 6.61 Å². The molecule has 0 saturated carbocycles. The lowest BCUT2D eigenvalue weighted by atomic mass is 10.2. The highest BCUT2D eigenvalue weighted by Crippen LogP contribution is 2.14. The monoisotopic (exact) mass is 269 g/mol. The van der Waals surface area contributed by atoms with Crippen LogP contribution in [0.1, 0.15) is 18.1 Å². The van der Waals surface area contributed by atoms with Crippen LogP contribution in [0.5, 0.6) is 0 Å². The number of amides is 1. The summed E-state index contributed by atoms with van der Waals surface area (Å²) in [6.45, 7) is 4.16. The van der Waals surface area contributed by atoms with Gasteiger partial charge in [0.05, 0.1) is 6.61 Å². The van der Waals surface area contributed by atoms with Crippen molar-refractivity contribution in [3.05, 3.63) is 65.7 Å². The molecule has 0 aromatic heterocycles. The fraction of sp³-hybridized carbons (Fsp3) is 0.235. The van der Waals surface area contributed by atoms with E-state index in [4.69, 9.17) is 4.74 Å². The van der Waals surface area contributed by atoms with Gasteiger partial charge in [0.2, 0.25) is 0 Å². The summed E-state index contributed by atoms with van der Waals surface area (Å²) in [6.07, 6.45) is -0.491. The molecule has 0 heterocycles. The fourth-order valence-electron chi connectivity index (χ4n) is 1.82. The second kappa shape index (κ2) is 6.87. The third-order valence-electron chi connectivity index (χ3n) is 3.11. The lowest BCUT2D eigenvalue weighted by Gasteiger charge is -2.14. The van der Waals surface area contributed by atoms with Crippen LogP contribution in [-0.2, 0) is 16.1 Å².